The third kappa shape index (κ3) is 6.35. The molecule has 0 N–H and O–H groups in total. The van der Waals surface area contributed by atoms with Crippen molar-refractivity contribution in [3.05, 3.63) is 71.4 Å². The number of fused-ring (bicyclic) bond motifs is 1. The molecule has 1 saturated heterocycles. The van der Waals surface area contributed by atoms with Crippen LogP contribution in [0.1, 0.15) is 63.6 Å². The van der Waals surface area contributed by atoms with E-state index in [1.54, 1.807) is 0 Å². The lowest BCUT2D eigenvalue weighted by atomic mass is 9.83. The van der Waals surface area contributed by atoms with E-state index in [4.69, 9.17) is 9.72 Å². The molecule has 2 aliphatic rings. The molecule has 4 heteroatoms. The van der Waals surface area contributed by atoms with Crippen molar-refractivity contribution in [3.8, 4) is 0 Å². The van der Waals surface area contributed by atoms with Gasteiger partial charge in [0.05, 0.1) is 6.61 Å². The van der Waals surface area contributed by atoms with Crippen LogP contribution in [0.4, 0.5) is 5.82 Å². The van der Waals surface area contributed by atoms with Crippen LogP contribution in [0.2, 0.25) is 0 Å². The van der Waals surface area contributed by atoms with Gasteiger partial charge in [-0.2, -0.15) is 0 Å². The number of anilines is 1. The minimum Gasteiger partial charge on any atom is -0.494 e. The third-order valence-corrected chi connectivity index (χ3v) is 7.70. The third-order valence-electron chi connectivity index (χ3n) is 7.70. The monoisotopic (exact) mass is 473 g/mol. The molecule has 1 aliphatic carbocycles. The van der Waals surface area contributed by atoms with Crippen molar-refractivity contribution in [2.24, 2.45) is 11.8 Å². The molecule has 0 bridgehead atoms. The Labute approximate surface area is 212 Å². The van der Waals surface area contributed by atoms with Gasteiger partial charge >= 0.3 is 0 Å². The number of piperidine rings is 1. The number of rotatable bonds is 10. The maximum atomic E-state index is 5.71. The van der Waals surface area contributed by atoms with Crippen LogP contribution in [0.5, 0.6) is 0 Å². The van der Waals surface area contributed by atoms with Gasteiger partial charge in [0.15, 0.2) is 0 Å². The summed E-state index contributed by atoms with van der Waals surface area (Å²) in [5.41, 5.74) is 5.60. The molecule has 0 radical (unpaired) electrons. The fourth-order valence-corrected chi connectivity index (χ4v) is 5.59. The quantitative estimate of drug-likeness (QED) is 0.360. The number of allylic oxidation sites excluding steroid dienone is 2. The normalized spacial score (nSPS) is 19.0. The van der Waals surface area contributed by atoms with Gasteiger partial charge in [-0.05, 0) is 92.8 Å². The van der Waals surface area contributed by atoms with E-state index in [1.165, 1.54) is 48.9 Å². The van der Waals surface area contributed by atoms with Gasteiger partial charge < -0.3 is 9.64 Å². The maximum absolute atomic E-state index is 5.71. The summed E-state index contributed by atoms with van der Waals surface area (Å²) in [4.78, 5) is 9.87. The summed E-state index contributed by atoms with van der Waals surface area (Å²) in [6.45, 7) is 14.9. The molecule has 1 fully saturated rings. The molecule has 4 nitrogen and oxygen atoms in total. The number of nitrogens with zero attached hydrogens (tertiary/aromatic N) is 3. The van der Waals surface area contributed by atoms with Gasteiger partial charge in [-0.1, -0.05) is 44.2 Å². The summed E-state index contributed by atoms with van der Waals surface area (Å²) in [7, 11) is 0. The van der Waals surface area contributed by atoms with E-state index in [0.29, 0.717) is 12.5 Å². The number of hydrogen-bond acceptors (Lipinski definition) is 4. The average molecular weight is 474 g/mol. The molecule has 0 amide bonds. The average Bonchev–Trinajstić information content (AvgIpc) is 2.91. The van der Waals surface area contributed by atoms with E-state index in [9.17, 15) is 0 Å². The molecule has 2 aromatic rings. The number of aromatic nitrogens is 1. The highest BCUT2D eigenvalue weighted by Crippen LogP contribution is 2.32. The first kappa shape index (κ1) is 25.5. The molecular weight excluding hydrogens is 430 g/mol. The van der Waals surface area contributed by atoms with Crippen LogP contribution in [0.25, 0.3) is 11.3 Å². The van der Waals surface area contributed by atoms with Gasteiger partial charge in [-0.25, -0.2) is 4.98 Å². The van der Waals surface area contributed by atoms with Gasteiger partial charge in [0.25, 0.3) is 0 Å². The van der Waals surface area contributed by atoms with Crippen LogP contribution in [0, 0.1) is 11.8 Å². The highest BCUT2D eigenvalue weighted by Gasteiger charge is 2.24. The Hall–Kier alpha value is -2.59. The van der Waals surface area contributed by atoms with E-state index in [2.05, 4.69) is 66.1 Å². The smallest absolute Gasteiger partial charge is 0.128 e. The zero-order valence-corrected chi connectivity index (χ0v) is 22.2. The zero-order valence-electron chi connectivity index (χ0n) is 22.2. The van der Waals surface area contributed by atoms with Crippen LogP contribution in [-0.2, 0) is 11.2 Å². The second-order valence-corrected chi connectivity index (χ2v) is 9.97. The molecule has 0 spiro atoms. The summed E-state index contributed by atoms with van der Waals surface area (Å²) < 4.78 is 5.71. The van der Waals surface area contributed by atoms with Gasteiger partial charge in [0.2, 0.25) is 0 Å². The lowest BCUT2D eigenvalue weighted by molar-refractivity contribution is 0.240. The van der Waals surface area contributed by atoms with Crippen molar-refractivity contribution in [1.29, 1.82) is 0 Å². The number of likely N-dealkylation sites (N-methyl/N-ethyl adjacent to an activating group) is 1. The molecule has 0 saturated carbocycles. The SMILES string of the molecule is C/C=C(\OCC)c1ccc(N2CCC(CN(CC)CC3=CC(CC)Cc4ccccc43)CC2)nc1. The highest BCUT2D eigenvalue weighted by atomic mass is 16.5. The van der Waals surface area contributed by atoms with Crippen LogP contribution in [0.15, 0.2) is 54.7 Å². The van der Waals surface area contributed by atoms with E-state index >= 15 is 0 Å². The van der Waals surface area contributed by atoms with Crippen molar-refractivity contribution in [3.63, 3.8) is 0 Å². The predicted octanol–water partition coefficient (Wildman–Crippen LogP) is 6.68. The van der Waals surface area contributed by atoms with E-state index in [-0.39, 0.29) is 0 Å². The Balaban J connectivity index is 1.33. The second-order valence-electron chi connectivity index (χ2n) is 9.97. The van der Waals surface area contributed by atoms with Crippen molar-refractivity contribution in [1.82, 2.24) is 9.88 Å². The Bertz CT molecular complexity index is 1000. The van der Waals surface area contributed by atoms with Gasteiger partial charge in [-0.3, -0.25) is 4.90 Å². The first-order valence-corrected chi connectivity index (χ1v) is 13.7. The maximum Gasteiger partial charge on any atom is 0.128 e. The minimum absolute atomic E-state index is 0.673. The second kappa shape index (κ2) is 12.4. The lowest BCUT2D eigenvalue weighted by Crippen LogP contribution is -2.39. The Morgan fingerprint density at radius 3 is 2.57 bits per heavy atom. The Kier molecular flexibility index (Phi) is 9.03. The van der Waals surface area contributed by atoms with Gasteiger partial charge in [-0.15, -0.1) is 0 Å². The number of pyridine rings is 1. The molecule has 1 aliphatic heterocycles. The lowest BCUT2D eigenvalue weighted by Gasteiger charge is -2.36. The van der Waals surface area contributed by atoms with Gasteiger partial charge in [0.1, 0.15) is 11.6 Å². The van der Waals surface area contributed by atoms with E-state index < -0.39 is 0 Å². The van der Waals surface area contributed by atoms with Crippen molar-refractivity contribution in [2.45, 2.75) is 53.4 Å². The van der Waals surface area contributed by atoms with Crippen LogP contribution >= 0.6 is 0 Å². The largest absolute Gasteiger partial charge is 0.494 e. The van der Waals surface area contributed by atoms with Gasteiger partial charge in [0, 0.05) is 37.9 Å². The van der Waals surface area contributed by atoms with Crippen molar-refractivity contribution >= 4 is 17.2 Å². The van der Waals surface area contributed by atoms with Crippen LogP contribution in [0.3, 0.4) is 0 Å². The Morgan fingerprint density at radius 1 is 1.11 bits per heavy atom. The minimum atomic E-state index is 0.673. The number of hydrogen-bond donors (Lipinski definition) is 0. The molecule has 188 valence electrons. The number of benzene rings is 1. The molecule has 1 atom stereocenters. The van der Waals surface area contributed by atoms with E-state index in [1.807, 2.05) is 26.1 Å². The summed E-state index contributed by atoms with van der Waals surface area (Å²) in [6, 6.07) is 13.3. The molecule has 2 heterocycles. The van der Waals surface area contributed by atoms with Crippen LogP contribution < -0.4 is 4.90 Å². The Morgan fingerprint density at radius 2 is 1.91 bits per heavy atom. The number of ether oxygens (including phenoxy) is 1. The summed E-state index contributed by atoms with van der Waals surface area (Å²) in [6.07, 6.45) is 11.4. The molecule has 1 aromatic carbocycles. The standard InChI is InChI=1S/C31H43N3O/c1-5-24-19-26-11-9-10-12-29(26)28(20-24)23-33(7-3)22-25-15-17-34(18-16-25)31-14-13-27(21-32-31)30(6-2)35-8-4/h6,9-14,20-21,24-25H,5,7-8,15-19,22-23H2,1-4H3/b30-6-. The molecule has 35 heavy (non-hydrogen) atoms. The highest BCUT2D eigenvalue weighted by molar-refractivity contribution is 5.71. The molecule has 4 rings (SSSR count). The summed E-state index contributed by atoms with van der Waals surface area (Å²) >= 11 is 0. The van der Waals surface area contributed by atoms with Crippen molar-refractivity contribution < 1.29 is 4.74 Å². The van der Waals surface area contributed by atoms with Crippen molar-refractivity contribution in [2.75, 3.05) is 44.2 Å². The fourth-order valence-electron chi connectivity index (χ4n) is 5.59. The zero-order chi connectivity index (χ0) is 24.6. The van der Waals surface area contributed by atoms with E-state index in [0.717, 1.165) is 49.2 Å². The first-order valence-electron chi connectivity index (χ1n) is 13.7. The molecule has 1 aromatic heterocycles. The first-order chi connectivity index (χ1) is 17.1. The van der Waals surface area contributed by atoms with Crippen LogP contribution in [-0.4, -0.2) is 49.2 Å². The molecule has 1 unspecified atom stereocenters. The fraction of sp³-hybridized carbons (Fsp3) is 0.516. The summed E-state index contributed by atoms with van der Waals surface area (Å²) in [5.74, 6) is 3.42. The summed E-state index contributed by atoms with van der Waals surface area (Å²) in [5, 5.41) is 0. The predicted molar refractivity (Wildman–Crippen MR) is 148 cm³/mol. The molecular formula is C31H43N3O. The topological polar surface area (TPSA) is 28.6 Å².